The lowest BCUT2D eigenvalue weighted by molar-refractivity contribution is -0.122. The summed E-state index contributed by atoms with van der Waals surface area (Å²) >= 11 is 0. The molecule has 1 fully saturated rings. The molecule has 1 aromatic carbocycles. The van der Waals surface area contributed by atoms with Crippen LogP contribution in [0.1, 0.15) is 45.2 Å². The molecule has 1 aromatic rings. The first-order chi connectivity index (χ1) is 11.2. The maximum atomic E-state index is 12.1. The van der Waals surface area contributed by atoms with Crippen LogP contribution in [0.4, 0.5) is 0 Å². The first kappa shape index (κ1) is 18.9. The molecular weight excluding hydrogens is 298 g/mol. The van der Waals surface area contributed by atoms with Crippen molar-refractivity contribution in [2.75, 3.05) is 32.7 Å². The van der Waals surface area contributed by atoms with Gasteiger partial charge in [-0.2, -0.15) is 0 Å². The quantitative estimate of drug-likeness (QED) is 0.841. The fraction of sp³-hybridized carbons (Fsp3) is 0.650. The number of carbonyl (C=O) groups is 1. The fourth-order valence-corrected chi connectivity index (χ4v) is 3.20. The SMILES string of the molecule is CC1(CN)CCN(CC(=O)NCCc2ccc(C(C)(C)C)cc2)C1. The van der Waals surface area contributed by atoms with E-state index in [1.807, 2.05) is 0 Å². The molecule has 2 rings (SSSR count). The number of rotatable bonds is 6. The molecule has 1 aliphatic rings. The van der Waals surface area contributed by atoms with E-state index in [9.17, 15) is 4.79 Å². The first-order valence-corrected chi connectivity index (χ1v) is 9.00. The largest absolute Gasteiger partial charge is 0.355 e. The summed E-state index contributed by atoms with van der Waals surface area (Å²) in [4.78, 5) is 14.3. The predicted octanol–water partition coefficient (Wildman–Crippen LogP) is 2.31. The van der Waals surface area contributed by atoms with E-state index >= 15 is 0 Å². The summed E-state index contributed by atoms with van der Waals surface area (Å²) in [5, 5.41) is 3.04. The van der Waals surface area contributed by atoms with Gasteiger partial charge in [0.2, 0.25) is 5.91 Å². The Kier molecular flexibility index (Phi) is 6.05. The zero-order chi connectivity index (χ0) is 17.8. The Morgan fingerprint density at radius 2 is 1.96 bits per heavy atom. The van der Waals surface area contributed by atoms with E-state index < -0.39 is 0 Å². The molecule has 4 nitrogen and oxygen atoms in total. The smallest absolute Gasteiger partial charge is 0.234 e. The first-order valence-electron chi connectivity index (χ1n) is 9.00. The van der Waals surface area contributed by atoms with Crippen molar-refractivity contribution in [3.8, 4) is 0 Å². The monoisotopic (exact) mass is 331 g/mol. The van der Waals surface area contributed by atoms with Crippen LogP contribution in [-0.2, 0) is 16.6 Å². The van der Waals surface area contributed by atoms with Crippen LogP contribution in [0.3, 0.4) is 0 Å². The number of hydrogen-bond acceptors (Lipinski definition) is 3. The summed E-state index contributed by atoms with van der Waals surface area (Å²) < 4.78 is 0. The van der Waals surface area contributed by atoms with Crippen LogP contribution in [0.25, 0.3) is 0 Å². The van der Waals surface area contributed by atoms with E-state index in [4.69, 9.17) is 5.73 Å². The summed E-state index contributed by atoms with van der Waals surface area (Å²) in [7, 11) is 0. The van der Waals surface area contributed by atoms with Crippen molar-refractivity contribution in [3.05, 3.63) is 35.4 Å². The minimum atomic E-state index is 0.114. The van der Waals surface area contributed by atoms with Crippen LogP contribution < -0.4 is 11.1 Å². The average Bonchev–Trinajstić information content (AvgIpc) is 2.89. The summed E-state index contributed by atoms with van der Waals surface area (Å²) in [5.41, 5.74) is 8.78. The second kappa shape index (κ2) is 7.66. The number of benzene rings is 1. The third-order valence-corrected chi connectivity index (χ3v) is 5.05. The molecule has 4 heteroatoms. The Balaban J connectivity index is 1.71. The topological polar surface area (TPSA) is 58.4 Å². The highest BCUT2D eigenvalue weighted by molar-refractivity contribution is 5.78. The van der Waals surface area contributed by atoms with Crippen LogP contribution >= 0.6 is 0 Å². The highest BCUT2D eigenvalue weighted by Crippen LogP contribution is 2.28. The molecule has 134 valence electrons. The standard InChI is InChI=1S/C20H33N3O/c1-19(2,3)17-7-5-16(6-8-17)9-11-22-18(24)13-23-12-10-20(4,14-21)15-23/h5-8H,9-15,21H2,1-4H3,(H,22,24). The maximum Gasteiger partial charge on any atom is 0.234 e. The molecule has 0 spiro atoms. The zero-order valence-electron chi connectivity index (χ0n) is 15.7. The van der Waals surface area contributed by atoms with Gasteiger partial charge in [-0.25, -0.2) is 0 Å². The van der Waals surface area contributed by atoms with Crippen molar-refractivity contribution in [1.82, 2.24) is 10.2 Å². The van der Waals surface area contributed by atoms with Crippen molar-refractivity contribution in [2.24, 2.45) is 11.1 Å². The number of nitrogens with zero attached hydrogens (tertiary/aromatic N) is 1. The molecule has 1 unspecified atom stereocenters. The second-order valence-electron chi connectivity index (χ2n) is 8.52. The lowest BCUT2D eigenvalue weighted by Crippen LogP contribution is -2.38. The molecule has 0 saturated carbocycles. The van der Waals surface area contributed by atoms with Crippen molar-refractivity contribution < 1.29 is 4.79 Å². The van der Waals surface area contributed by atoms with Gasteiger partial charge in [0.15, 0.2) is 0 Å². The van der Waals surface area contributed by atoms with Crippen LogP contribution in [0.2, 0.25) is 0 Å². The van der Waals surface area contributed by atoms with E-state index in [0.29, 0.717) is 19.6 Å². The number of hydrogen-bond donors (Lipinski definition) is 2. The lowest BCUT2D eigenvalue weighted by atomic mass is 9.86. The average molecular weight is 332 g/mol. The van der Waals surface area contributed by atoms with Gasteiger partial charge in [-0.1, -0.05) is 52.0 Å². The second-order valence-corrected chi connectivity index (χ2v) is 8.52. The Morgan fingerprint density at radius 3 is 2.50 bits per heavy atom. The highest BCUT2D eigenvalue weighted by Gasteiger charge is 2.32. The maximum absolute atomic E-state index is 12.1. The van der Waals surface area contributed by atoms with Crippen molar-refractivity contribution in [1.29, 1.82) is 0 Å². The third-order valence-electron chi connectivity index (χ3n) is 5.05. The summed E-state index contributed by atoms with van der Waals surface area (Å²) in [5.74, 6) is 0.114. The number of nitrogens with one attached hydrogen (secondary N) is 1. The molecule has 3 N–H and O–H groups in total. The molecule has 0 bridgehead atoms. The van der Waals surface area contributed by atoms with Gasteiger partial charge < -0.3 is 11.1 Å². The summed E-state index contributed by atoms with van der Waals surface area (Å²) in [6.07, 6.45) is 1.95. The number of likely N-dealkylation sites (tertiary alicyclic amines) is 1. The Bertz CT molecular complexity index is 547. The van der Waals surface area contributed by atoms with Crippen LogP contribution in [0, 0.1) is 5.41 Å². The molecule has 1 aliphatic heterocycles. The minimum Gasteiger partial charge on any atom is -0.355 e. The molecule has 0 aliphatic carbocycles. The van der Waals surface area contributed by atoms with Gasteiger partial charge in [-0.05, 0) is 47.9 Å². The third kappa shape index (κ3) is 5.32. The fourth-order valence-electron chi connectivity index (χ4n) is 3.20. The normalized spacial score (nSPS) is 21.9. The van der Waals surface area contributed by atoms with E-state index in [2.05, 4.69) is 62.2 Å². The number of carbonyl (C=O) groups excluding carboxylic acids is 1. The molecular formula is C20H33N3O. The predicted molar refractivity (Wildman–Crippen MR) is 100 cm³/mol. The van der Waals surface area contributed by atoms with E-state index in [-0.39, 0.29) is 16.7 Å². The molecule has 1 heterocycles. The molecule has 0 radical (unpaired) electrons. The molecule has 24 heavy (non-hydrogen) atoms. The van der Waals surface area contributed by atoms with Gasteiger partial charge in [0.1, 0.15) is 0 Å². The van der Waals surface area contributed by atoms with E-state index in [0.717, 1.165) is 25.9 Å². The zero-order valence-corrected chi connectivity index (χ0v) is 15.7. The molecule has 1 atom stereocenters. The van der Waals surface area contributed by atoms with Crippen molar-refractivity contribution in [3.63, 3.8) is 0 Å². The number of nitrogens with two attached hydrogens (primary N) is 1. The number of amides is 1. The molecule has 1 saturated heterocycles. The van der Waals surface area contributed by atoms with Crippen molar-refractivity contribution >= 4 is 5.91 Å². The van der Waals surface area contributed by atoms with Crippen LogP contribution in [0.15, 0.2) is 24.3 Å². The Hall–Kier alpha value is -1.39. The van der Waals surface area contributed by atoms with Crippen molar-refractivity contribution in [2.45, 2.75) is 46.0 Å². The van der Waals surface area contributed by atoms with Gasteiger partial charge in [-0.15, -0.1) is 0 Å². The summed E-state index contributed by atoms with van der Waals surface area (Å²) in [6.45, 7) is 12.6. The Labute approximate surface area is 146 Å². The van der Waals surface area contributed by atoms with E-state index in [1.165, 1.54) is 11.1 Å². The Morgan fingerprint density at radius 1 is 1.29 bits per heavy atom. The van der Waals surface area contributed by atoms with Gasteiger partial charge in [0, 0.05) is 13.1 Å². The minimum absolute atomic E-state index is 0.114. The lowest BCUT2D eigenvalue weighted by Gasteiger charge is -2.22. The van der Waals surface area contributed by atoms with Gasteiger partial charge in [-0.3, -0.25) is 9.69 Å². The van der Waals surface area contributed by atoms with Crippen LogP contribution in [-0.4, -0.2) is 43.5 Å². The van der Waals surface area contributed by atoms with Crippen LogP contribution in [0.5, 0.6) is 0 Å². The van der Waals surface area contributed by atoms with Gasteiger partial charge in [0.25, 0.3) is 0 Å². The molecule has 1 amide bonds. The van der Waals surface area contributed by atoms with Gasteiger partial charge >= 0.3 is 0 Å². The van der Waals surface area contributed by atoms with E-state index in [1.54, 1.807) is 0 Å². The molecule has 0 aromatic heterocycles. The highest BCUT2D eigenvalue weighted by atomic mass is 16.2. The summed E-state index contributed by atoms with van der Waals surface area (Å²) in [6, 6.07) is 8.71. The van der Waals surface area contributed by atoms with Gasteiger partial charge in [0.05, 0.1) is 6.54 Å².